The van der Waals surface area contributed by atoms with Crippen LogP contribution in [0, 0.1) is 0 Å². The highest BCUT2D eigenvalue weighted by molar-refractivity contribution is 5.97. The first-order valence-electron chi connectivity index (χ1n) is 5.29. The molecule has 1 aromatic carbocycles. The lowest BCUT2D eigenvalue weighted by atomic mass is 10.1. The number of hydrogen-bond acceptors (Lipinski definition) is 3. The van der Waals surface area contributed by atoms with Crippen LogP contribution in [0.1, 0.15) is 28.8 Å². The zero-order chi connectivity index (χ0) is 11.4. The number of unbranched alkanes of at least 4 members (excludes halogenated alkanes) is 1. The largest absolute Gasteiger partial charge is 0.303 e. The quantitative estimate of drug-likeness (QED) is 0.557. The summed E-state index contributed by atoms with van der Waals surface area (Å²) in [4.78, 5) is 27.2. The Morgan fingerprint density at radius 3 is 2.94 bits per heavy atom. The van der Waals surface area contributed by atoms with Gasteiger partial charge >= 0.3 is 0 Å². The smallest absolute Gasteiger partial charge is 0.278 e. The SMILES string of the molecule is O=CCCCON1Cc2ccccc2C1=O. The number of carbonyl (C=O) groups is 2. The van der Waals surface area contributed by atoms with Gasteiger partial charge in [-0.25, -0.2) is 5.06 Å². The van der Waals surface area contributed by atoms with Crippen molar-refractivity contribution < 1.29 is 14.4 Å². The van der Waals surface area contributed by atoms with E-state index in [0.29, 0.717) is 31.6 Å². The molecule has 1 aliphatic heterocycles. The first-order chi connectivity index (χ1) is 7.83. The molecule has 4 heteroatoms. The van der Waals surface area contributed by atoms with Gasteiger partial charge in [0.25, 0.3) is 5.91 Å². The highest BCUT2D eigenvalue weighted by atomic mass is 16.7. The molecule has 4 nitrogen and oxygen atoms in total. The lowest BCUT2D eigenvalue weighted by Crippen LogP contribution is -2.24. The van der Waals surface area contributed by atoms with Crippen molar-refractivity contribution in [3.63, 3.8) is 0 Å². The fourth-order valence-corrected chi connectivity index (χ4v) is 1.67. The minimum absolute atomic E-state index is 0.0956. The van der Waals surface area contributed by atoms with Gasteiger partial charge in [0.1, 0.15) is 6.29 Å². The molecule has 0 N–H and O–H groups in total. The second-order valence-corrected chi connectivity index (χ2v) is 3.64. The molecular formula is C12H13NO3. The van der Waals surface area contributed by atoms with Crippen LogP contribution in [0.2, 0.25) is 0 Å². The van der Waals surface area contributed by atoms with Gasteiger partial charge < -0.3 is 4.79 Å². The van der Waals surface area contributed by atoms with Gasteiger partial charge in [0, 0.05) is 12.0 Å². The summed E-state index contributed by atoms with van der Waals surface area (Å²) < 4.78 is 0. The minimum Gasteiger partial charge on any atom is -0.303 e. The highest BCUT2D eigenvalue weighted by Gasteiger charge is 2.27. The van der Waals surface area contributed by atoms with Crippen molar-refractivity contribution >= 4 is 12.2 Å². The Morgan fingerprint density at radius 2 is 2.19 bits per heavy atom. The maximum Gasteiger partial charge on any atom is 0.278 e. The van der Waals surface area contributed by atoms with E-state index in [-0.39, 0.29) is 5.91 Å². The van der Waals surface area contributed by atoms with Crippen molar-refractivity contribution in [1.29, 1.82) is 0 Å². The number of hydroxylamine groups is 2. The average Bonchev–Trinajstić information content (AvgIpc) is 2.63. The van der Waals surface area contributed by atoms with Crippen LogP contribution in [-0.2, 0) is 16.2 Å². The predicted octanol–water partition coefficient (Wildman–Crippen LogP) is 1.55. The molecular weight excluding hydrogens is 206 g/mol. The van der Waals surface area contributed by atoms with Gasteiger partial charge in [0.15, 0.2) is 0 Å². The van der Waals surface area contributed by atoms with Crippen LogP contribution < -0.4 is 0 Å². The molecule has 0 fully saturated rings. The summed E-state index contributed by atoms with van der Waals surface area (Å²) >= 11 is 0. The van der Waals surface area contributed by atoms with Crippen LogP contribution in [0.25, 0.3) is 0 Å². The Hall–Kier alpha value is -1.68. The van der Waals surface area contributed by atoms with Crippen LogP contribution in [-0.4, -0.2) is 23.9 Å². The summed E-state index contributed by atoms with van der Waals surface area (Å²) in [6, 6.07) is 7.46. The number of fused-ring (bicyclic) bond motifs is 1. The lowest BCUT2D eigenvalue weighted by molar-refractivity contribution is -0.127. The van der Waals surface area contributed by atoms with Crippen LogP contribution in [0.3, 0.4) is 0 Å². The Balaban J connectivity index is 1.92. The van der Waals surface area contributed by atoms with Gasteiger partial charge in [0.05, 0.1) is 13.2 Å². The molecule has 0 unspecified atom stereocenters. The first-order valence-corrected chi connectivity index (χ1v) is 5.29. The van der Waals surface area contributed by atoms with Gasteiger partial charge in [0.2, 0.25) is 0 Å². The van der Waals surface area contributed by atoms with Gasteiger partial charge in [-0.2, -0.15) is 0 Å². The molecule has 1 heterocycles. The summed E-state index contributed by atoms with van der Waals surface area (Å²) in [6.45, 7) is 0.897. The Bertz CT molecular complexity index is 403. The monoisotopic (exact) mass is 219 g/mol. The molecule has 0 aromatic heterocycles. The predicted molar refractivity (Wildman–Crippen MR) is 57.6 cm³/mol. The van der Waals surface area contributed by atoms with Crippen LogP contribution in [0.5, 0.6) is 0 Å². The molecule has 0 spiro atoms. The molecule has 1 amide bonds. The van der Waals surface area contributed by atoms with Crippen LogP contribution in [0.15, 0.2) is 24.3 Å². The molecule has 1 aromatic rings. The summed E-state index contributed by atoms with van der Waals surface area (Å²) in [5.74, 6) is -0.0956. The second kappa shape index (κ2) is 4.90. The summed E-state index contributed by atoms with van der Waals surface area (Å²) in [5, 5.41) is 1.36. The van der Waals surface area contributed by atoms with E-state index in [1.54, 1.807) is 6.07 Å². The zero-order valence-electron chi connectivity index (χ0n) is 8.89. The number of nitrogens with zero attached hydrogens (tertiary/aromatic N) is 1. The van der Waals surface area contributed by atoms with Crippen molar-refractivity contribution in [1.82, 2.24) is 5.06 Å². The van der Waals surface area contributed by atoms with Crippen LogP contribution >= 0.6 is 0 Å². The van der Waals surface area contributed by atoms with Crippen LogP contribution in [0.4, 0.5) is 0 Å². The molecule has 2 rings (SSSR count). The number of carbonyl (C=O) groups excluding carboxylic acids is 2. The summed E-state index contributed by atoms with van der Waals surface area (Å²) in [7, 11) is 0. The third-order valence-electron chi connectivity index (χ3n) is 2.50. The first kappa shape index (κ1) is 10.8. The third kappa shape index (κ3) is 2.12. The Morgan fingerprint density at radius 1 is 1.38 bits per heavy atom. The molecule has 0 aliphatic carbocycles. The number of aldehydes is 1. The average molecular weight is 219 g/mol. The fraction of sp³-hybridized carbons (Fsp3) is 0.333. The molecule has 0 saturated carbocycles. The van der Waals surface area contributed by atoms with E-state index in [9.17, 15) is 9.59 Å². The molecule has 84 valence electrons. The minimum atomic E-state index is -0.0956. The maximum atomic E-state index is 11.8. The summed E-state index contributed by atoms with van der Waals surface area (Å²) in [6.07, 6.45) is 1.96. The molecule has 0 bridgehead atoms. The molecule has 1 aliphatic rings. The van der Waals surface area contributed by atoms with E-state index < -0.39 is 0 Å². The molecule has 16 heavy (non-hydrogen) atoms. The van der Waals surface area contributed by atoms with Crippen molar-refractivity contribution in [2.24, 2.45) is 0 Å². The number of hydrogen-bond donors (Lipinski definition) is 0. The van der Waals surface area contributed by atoms with E-state index in [1.165, 1.54) is 5.06 Å². The van der Waals surface area contributed by atoms with Crippen molar-refractivity contribution in [2.45, 2.75) is 19.4 Å². The number of rotatable bonds is 5. The van der Waals surface area contributed by atoms with Gasteiger partial charge in [-0.3, -0.25) is 9.63 Å². The Labute approximate surface area is 93.8 Å². The fourth-order valence-electron chi connectivity index (χ4n) is 1.67. The van der Waals surface area contributed by atoms with Gasteiger partial charge in [-0.15, -0.1) is 0 Å². The summed E-state index contributed by atoms with van der Waals surface area (Å²) in [5.41, 5.74) is 1.70. The standard InChI is InChI=1S/C12H13NO3/c14-7-3-4-8-16-13-9-10-5-1-2-6-11(10)12(13)15/h1-2,5-7H,3-4,8-9H2. The Kier molecular flexibility index (Phi) is 3.31. The highest BCUT2D eigenvalue weighted by Crippen LogP contribution is 2.22. The molecule has 0 atom stereocenters. The topological polar surface area (TPSA) is 46.6 Å². The molecule has 0 radical (unpaired) electrons. The maximum absolute atomic E-state index is 11.8. The normalized spacial score (nSPS) is 14.0. The van der Waals surface area contributed by atoms with Gasteiger partial charge in [-0.05, 0) is 18.1 Å². The van der Waals surface area contributed by atoms with E-state index in [0.717, 1.165) is 11.8 Å². The van der Waals surface area contributed by atoms with Gasteiger partial charge in [-0.1, -0.05) is 18.2 Å². The van der Waals surface area contributed by atoms with E-state index >= 15 is 0 Å². The number of benzene rings is 1. The van der Waals surface area contributed by atoms with Crippen molar-refractivity contribution in [3.8, 4) is 0 Å². The third-order valence-corrected chi connectivity index (χ3v) is 2.50. The van der Waals surface area contributed by atoms with Crippen molar-refractivity contribution in [2.75, 3.05) is 6.61 Å². The second-order valence-electron chi connectivity index (χ2n) is 3.64. The van der Waals surface area contributed by atoms with E-state index in [4.69, 9.17) is 4.84 Å². The van der Waals surface area contributed by atoms with Crippen molar-refractivity contribution in [3.05, 3.63) is 35.4 Å². The lowest BCUT2D eigenvalue weighted by Gasteiger charge is -2.14. The van der Waals surface area contributed by atoms with E-state index in [2.05, 4.69) is 0 Å². The number of amides is 1. The van der Waals surface area contributed by atoms with E-state index in [1.807, 2.05) is 18.2 Å². The zero-order valence-corrected chi connectivity index (χ0v) is 8.89. The molecule has 0 saturated heterocycles.